The van der Waals surface area contributed by atoms with E-state index in [4.69, 9.17) is 37.9 Å². The fourth-order valence-corrected chi connectivity index (χ4v) is 9.79. The smallest absolute Gasteiger partial charge is 0.261 e. The normalized spacial score (nSPS) is 11.3. The first-order valence-electron chi connectivity index (χ1n) is 22.8. The van der Waals surface area contributed by atoms with Gasteiger partial charge in [0.05, 0.1) is 0 Å². The zero-order valence-electron chi connectivity index (χ0n) is 37.9. The van der Waals surface area contributed by atoms with Crippen molar-refractivity contribution in [1.82, 2.24) is 0 Å². The Morgan fingerprint density at radius 2 is 0.493 bits per heavy atom. The molecule has 2 heterocycles. The van der Waals surface area contributed by atoms with Crippen LogP contribution in [0.5, 0.6) is 92.0 Å². The molecule has 12 rings (SSSR count). The summed E-state index contributed by atoms with van der Waals surface area (Å²) in [7, 11) is 0. The van der Waals surface area contributed by atoms with Gasteiger partial charge in [0.25, 0.3) is 6.71 Å². The lowest BCUT2D eigenvalue weighted by molar-refractivity contribution is 0.383. The molecule has 0 fully saturated rings. The van der Waals surface area contributed by atoms with E-state index in [-0.39, 0.29) is 14.1 Å². The molecular formula is C61H42BBr3O8. The molecule has 2 aliphatic heterocycles. The Balaban J connectivity index is 0.000000165. The maximum absolute atomic E-state index is 6.54. The molecule has 0 saturated carbocycles. The van der Waals surface area contributed by atoms with Crippen molar-refractivity contribution in [3.63, 3.8) is 0 Å². The van der Waals surface area contributed by atoms with E-state index in [2.05, 4.69) is 59.9 Å². The first kappa shape index (κ1) is 48.7. The zero-order chi connectivity index (χ0) is 48.8. The van der Waals surface area contributed by atoms with Gasteiger partial charge in [-0.25, -0.2) is 0 Å². The monoisotopic (exact) mass is 1150 g/mol. The highest BCUT2D eigenvalue weighted by molar-refractivity contribution is 9.11. The number of ether oxygens (including phenoxy) is 8. The second-order valence-electron chi connectivity index (χ2n) is 16.2. The molecule has 10 aromatic carbocycles. The second kappa shape index (κ2) is 22.3. The fraction of sp³-hybridized carbons (Fsp3) is 0.0164. The number of hydrogen-bond donors (Lipinski definition) is 0. The van der Waals surface area contributed by atoms with Gasteiger partial charge in [0, 0.05) is 5.46 Å². The number of fused-ring (bicyclic) bond motifs is 4. The van der Waals surface area contributed by atoms with Crippen LogP contribution >= 0.6 is 47.8 Å². The standard InChI is InChI=1S/C30H18BBrO4.C30H20Br2O4.CH4/c32-26-29(33-19-11-3-1-4-12-19)27-25-28(30(26)34-20-13-5-2-6-14-20)36-24-18-10-8-16-22(24)31(25)21-15-7-9-17-23(21)35-27;31-25-27(33-21-13-5-1-6-14-21)28(34-22-15-7-2-8-16-22)26(32)30(36-24-19-11-4-12-20-24)29(25)35-23-17-9-3-10-18-23;/h1-18H;1-20H;1H4. The van der Waals surface area contributed by atoms with Gasteiger partial charge < -0.3 is 37.9 Å². The Bertz CT molecular complexity index is 3170. The fourth-order valence-electron chi connectivity index (χ4n) is 8.23. The van der Waals surface area contributed by atoms with E-state index in [0.29, 0.717) is 93.9 Å². The topological polar surface area (TPSA) is 73.8 Å². The molecule has 0 unspecified atom stereocenters. The van der Waals surface area contributed by atoms with Gasteiger partial charge in [-0.15, -0.1) is 0 Å². The molecule has 0 spiro atoms. The minimum absolute atomic E-state index is 0. The van der Waals surface area contributed by atoms with Crippen LogP contribution < -0.4 is 54.3 Å². The Labute approximate surface area is 449 Å². The van der Waals surface area contributed by atoms with Crippen molar-refractivity contribution in [2.24, 2.45) is 0 Å². The lowest BCUT2D eigenvalue weighted by Crippen LogP contribution is -2.57. The van der Waals surface area contributed by atoms with Crippen LogP contribution in [0.25, 0.3) is 0 Å². The highest BCUT2D eigenvalue weighted by Gasteiger charge is 2.44. The van der Waals surface area contributed by atoms with Crippen molar-refractivity contribution in [2.75, 3.05) is 0 Å². The summed E-state index contributed by atoms with van der Waals surface area (Å²) >= 11 is 11.2. The van der Waals surface area contributed by atoms with E-state index in [1.54, 1.807) is 0 Å². The van der Waals surface area contributed by atoms with Gasteiger partial charge in [-0.3, -0.25) is 0 Å². The van der Waals surface area contributed by atoms with Gasteiger partial charge >= 0.3 is 0 Å². The summed E-state index contributed by atoms with van der Waals surface area (Å²) < 4.78 is 53.0. The lowest BCUT2D eigenvalue weighted by atomic mass is 9.35. The van der Waals surface area contributed by atoms with Crippen molar-refractivity contribution >= 4 is 70.9 Å². The van der Waals surface area contributed by atoms with E-state index in [9.17, 15) is 0 Å². The quantitative estimate of drug-likeness (QED) is 0.112. The van der Waals surface area contributed by atoms with Gasteiger partial charge in [-0.05, 0) is 144 Å². The van der Waals surface area contributed by atoms with Crippen LogP contribution in [0.2, 0.25) is 0 Å². The third kappa shape index (κ3) is 10.4. The summed E-state index contributed by atoms with van der Waals surface area (Å²) in [4.78, 5) is 0. The van der Waals surface area contributed by atoms with Gasteiger partial charge in [0.1, 0.15) is 59.4 Å². The van der Waals surface area contributed by atoms with Crippen LogP contribution in [0.4, 0.5) is 0 Å². The van der Waals surface area contributed by atoms with Crippen LogP contribution in [-0.4, -0.2) is 6.71 Å². The van der Waals surface area contributed by atoms with Gasteiger partial charge in [0.15, 0.2) is 46.0 Å². The predicted octanol–water partition coefficient (Wildman–Crippen LogP) is 17.8. The van der Waals surface area contributed by atoms with Crippen molar-refractivity contribution in [1.29, 1.82) is 0 Å². The van der Waals surface area contributed by atoms with Crippen LogP contribution in [0, 0.1) is 0 Å². The summed E-state index contributed by atoms with van der Waals surface area (Å²) in [6.45, 7) is -0.103. The van der Waals surface area contributed by atoms with Crippen LogP contribution in [0.15, 0.2) is 244 Å². The van der Waals surface area contributed by atoms with E-state index in [1.807, 2.05) is 218 Å². The summed E-state index contributed by atoms with van der Waals surface area (Å²) in [5, 5.41) is 0. The van der Waals surface area contributed by atoms with Gasteiger partial charge in [-0.2, -0.15) is 0 Å². The van der Waals surface area contributed by atoms with E-state index in [1.165, 1.54) is 0 Å². The van der Waals surface area contributed by atoms with E-state index in [0.717, 1.165) is 27.9 Å². The minimum Gasteiger partial charge on any atom is -0.454 e. The SMILES string of the molecule is Brc1c(Oc2ccccc2)c(Oc2ccccc2)c(Br)c(Oc2ccccc2)c1Oc1ccccc1.Brc1c(Oc2ccccc2)c2c3c(c1Oc1ccccc1)Oc1ccccc1B3c1ccccc1O2.C. The molecule has 0 atom stereocenters. The molecule has 8 nitrogen and oxygen atoms in total. The zero-order valence-corrected chi connectivity index (χ0v) is 42.7. The minimum atomic E-state index is -0.103. The molecule has 0 amide bonds. The molecule has 0 N–H and O–H groups in total. The Kier molecular flexibility index (Phi) is 14.9. The summed E-state index contributed by atoms with van der Waals surface area (Å²) in [6.07, 6.45) is 0. The number of benzene rings is 10. The molecule has 0 aliphatic carbocycles. The molecule has 10 aromatic rings. The average molecular weight is 1150 g/mol. The largest absolute Gasteiger partial charge is 0.454 e. The Hall–Kier alpha value is -7.90. The Morgan fingerprint density at radius 1 is 0.274 bits per heavy atom. The molecule has 0 bridgehead atoms. The highest BCUT2D eigenvalue weighted by Crippen LogP contribution is 2.58. The number of para-hydroxylation sites is 8. The molecule has 0 aromatic heterocycles. The molecule has 0 saturated heterocycles. The number of halogens is 3. The van der Waals surface area contributed by atoms with Crippen LogP contribution in [0.1, 0.15) is 7.43 Å². The van der Waals surface area contributed by atoms with Crippen molar-refractivity contribution in [3.8, 4) is 92.0 Å². The van der Waals surface area contributed by atoms with E-state index >= 15 is 0 Å². The molecule has 2 aliphatic rings. The predicted molar refractivity (Wildman–Crippen MR) is 299 cm³/mol. The second-order valence-corrected chi connectivity index (χ2v) is 18.6. The molecule has 0 radical (unpaired) electrons. The molecule has 358 valence electrons. The Morgan fingerprint density at radius 3 is 0.767 bits per heavy atom. The molecule has 73 heavy (non-hydrogen) atoms. The number of hydrogen-bond acceptors (Lipinski definition) is 8. The number of rotatable bonds is 12. The molecular weight excluding hydrogens is 1110 g/mol. The first-order chi connectivity index (χ1) is 35.5. The van der Waals surface area contributed by atoms with Gasteiger partial charge in [0.2, 0.25) is 0 Å². The summed E-state index contributed by atoms with van der Waals surface area (Å²) in [6, 6.07) is 73.5. The maximum Gasteiger partial charge on any atom is 0.261 e. The lowest BCUT2D eigenvalue weighted by Gasteiger charge is -2.35. The van der Waals surface area contributed by atoms with Crippen LogP contribution in [0.3, 0.4) is 0 Å². The van der Waals surface area contributed by atoms with E-state index < -0.39 is 0 Å². The third-order valence-corrected chi connectivity index (χ3v) is 13.6. The highest BCUT2D eigenvalue weighted by atomic mass is 79.9. The summed E-state index contributed by atoms with van der Waals surface area (Å²) in [5.74, 6) is 9.57. The third-order valence-electron chi connectivity index (χ3n) is 11.5. The summed E-state index contributed by atoms with van der Waals surface area (Å²) in [5.41, 5.74) is 3.02. The van der Waals surface area contributed by atoms with Crippen molar-refractivity contribution in [2.45, 2.75) is 7.43 Å². The molecule has 12 heteroatoms. The maximum atomic E-state index is 6.54. The first-order valence-corrected chi connectivity index (χ1v) is 25.2. The van der Waals surface area contributed by atoms with Crippen molar-refractivity contribution < 1.29 is 37.9 Å². The average Bonchev–Trinajstić information content (AvgIpc) is 3.44. The van der Waals surface area contributed by atoms with Crippen LogP contribution in [-0.2, 0) is 0 Å². The van der Waals surface area contributed by atoms with Crippen molar-refractivity contribution in [3.05, 3.63) is 244 Å². The van der Waals surface area contributed by atoms with Gasteiger partial charge in [-0.1, -0.05) is 153 Å².